The number of benzene rings is 1. The van der Waals surface area contributed by atoms with Crippen molar-refractivity contribution in [2.75, 3.05) is 13.7 Å². The lowest BCUT2D eigenvalue weighted by Crippen LogP contribution is -2.53. The highest BCUT2D eigenvalue weighted by atomic mass is 19.4. The van der Waals surface area contributed by atoms with E-state index in [1.54, 1.807) is 11.0 Å². The summed E-state index contributed by atoms with van der Waals surface area (Å²) in [6.07, 6.45) is 16.4. The van der Waals surface area contributed by atoms with Crippen LogP contribution in [0.1, 0.15) is 186 Å². The topological polar surface area (TPSA) is 113 Å². The predicted octanol–water partition coefficient (Wildman–Crippen LogP) is 11.5. The molecule has 11 heteroatoms. The van der Waals surface area contributed by atoms with E-state index in [4.69, 9.17) is 9.47 Å². The third kappa shape index (κ3) is 17.5. The quantitative estimate of drug-likeness (QED) is 0.0568. The summed E-state index contributed by atoms with van der Waals surface area (Å²) < 4.78 is 54.3. The maximum atomic E-state index is 14.6. The number of carboxylic acids is 1. The minimum absolute atomic E-state index is 0.0556. The molecule has 0 bridgehead atoms. The molecule has 0 spiro atoms. The molecule has 8 nitrogen and oxygen atoms in total. The monoisotopic (exact) mass is 798 g/mol. The van der Waals surface area contributed by atoms with Crippen LogP contribution in [0.5, 0.6) is 0 Å². The molecular formula is C45H74F3NO7. The fourth-order valence-corrected chi connectivity index (χ4v) is 8.05. The second-order valence-electron chi connectivity index (χ2n) is 16.2. The van der Waals surface area contributed by atoms with Crippen LogP contribution in [0.4, 0.5) is 13.2 Å². The van der Waals surface area contributed by atoms with Crippen molar-refractivity contribution < 1.29 is 47.2 Å². The van der Waals surface area contributed by atoms with Gasteiger partial charge in [0, 0.05) is 25.6 Å². The van der Waals surface area contributed by atoms with Gasteiger partial charge in [-0.2, -0.15) is 13.2 Å². The summed E-state index contributed by atoms with van der Waals surface area (Å²) >= 11 is 0. The average Bonchev–Trinajstić information content (AvgIpc) is 3.17. The molecule has 2 N–H and O–H groups in total. The largest absolute Gasteiger partial charge is 0.480 e. The number of amides is 1. The summed E-state index contributed by atoms with van der Waals surface area (Å²) in [5.74, 6) is -1.84. The Labute approximate surface area is 335 Å². The molecule has 322 valence electrons. The first-order valence-corrected chi connectivity index (χ1v) is 22.0. The number of hydrogen-bond acceptors (Lipinski definition) is 6. The number of unbranched alkanes of at least 4 members (excludes halogenated alkanes) is 15. The van der Waals surface area contributed by atoms with E-state index in [0.29, 0.717) is 44.6 Å². The van der Waals surface area contributed by atoms with Crippen LogP contribution in [-0.2, 0) is 29.5 Å². The van der Waals surface area contributed by atoms with Gasteiger partial charge >= 0.3 is 18.1 Å². The van der Waals surface area contributed by atoms with Crippen LogP contribution in [0.15, 0.2) is 30.3 Å². The van der Waals surface area contributed by atoms with Crippen molar-refractivity contribution in [3.05, 3.63) is 35.9 Å². The molecule has 0 saturated carbocycles. The first-order valence-electron chi connectivity index (χ1n) is 22.0. The summed E-state index contributed by atoms with van der Waals surface area (Å²) in [5.41, 5.74) is -3.67. The summed E-state index contributed by atoms with van der Waals surface area (Å²) in [5, 5.41) is 20.6. The van der Waals surface area contributed by atoms with Gasteiger partial charge in [0.25, 0.3) is 5.60 Å². The zero-order valence-electron chi connectivity index (χ0n) is 34.8. The molecule has 1 aliphatic rings. The molecule has 0 aromatic heterocycles. The molecule has 1 aromatic carbocycles. The first kappa shape index (κ1) is 49.5. The number of hydrogen-bond donors (Lipinski definition) is 2. The highest BCUT2D eigenvalue weighted by Crippen LogP contribution is 2.43. The lowest BCUT2D eigenvalue weighted by molar-refractivity contribution is -0.279. The van der Waals surface area contributed by atoms with Gasteiger partial charge < -0.3 is 24.6 Å². The minimum atomic E-state index is -5.08. The van der Waals surface area contributed by atoms with Gasteiger partial charge in [-0.05, 0) is 50.9 Å². The average molecular weight is 798 g/mol. The van der Waals surface area contributed by atoms with Gasteiger partial charge in [0.2, 0.25) is 5.91 Å². The van der Waals surface area contributed by atoms with E-state index >= 15 is 0 Å². The van der Waals surface area contributed by atoms with Gasteiger partial charge in [-0.1, -0.05) is 160 Å². The number of aliphatic hydroxyl groups excluding tert-OH is 1. The van der Waals surface area contributed by atoms with Crippen LogP contribution >= 0.6 is 0 Å². The van der Waals surface area contributed by atoms with Gasteiger partial charge in [0.1, 0.15) is 12.1 Å². The van der Waals surface area contributed by atoms with Crippen molar-refractivity contribution in [3.8, 4) is 0 Å². The Kier molecular flexibility index (Phi) is 24.6. The number of methoxy groups -OCH3 is 1. The van der Waals surface area contributed by atoms with Crippen molar-refractivity contribution in [1.82, 2.24) is 4.90 Å². The zero-order chi connectivity index (χ0) is 41.2. The highest BCUT2D eigenvalue weighted by Gasteiger charge is 2.64. The number of halogens is 3. The van der Waals surface area contributed by atoms with Gasteiger partial charge in [0.15, 0.2) is 0 Å². The predicted molar refractivity (Wildman–Crippen MR) is 215 cm³/mol. The molecule has 5 atom stereocenters. The number of ether oxygens (including phenoxy) is 2. The summed E-state index contributed by atoms with van der Waals surface area (Å²) in [6, 6.07) is 6.11. The van der Waals surface area contributed by atoms with Crippen molar-refractivity contribution >= 4 is 17.8 Å². The maximum absolute atomic E-state index is 14.6. The van der Waals surface area contributed by atoms with E-state index in [0.717, 1.165) is 97.0 Å². The maximum Gasteiger partial charge on any atom is 0.432 e. The van der Waals surface area contributed by atoms with Crippen molar-refractivity contribution in [3.63, 3.8) is 0 Å². The molecule has 0 unspecified atom stereocenters. The number of likely N-dealkylation sites (tertiary alicyclic amines) is 1. The lowest BCUT2D eigenvalue weighted by atomic mass is 9.92. The van der Waals surface area contributed by atoms with Gasteiger partial charge in [-0.15, -0.1) is 0 Å². The van der Waals surface area contributed by atoms with Crippen LogP contribution in [-0.4, -0.2) is 71.0 Å². The van der Waals surface area contributed by atoms with Gasteiger partial charge in [-0.3, -0.25) is 4.79 Å². The third-order valence-corrected chi connectivity index (χ3v) is 11.6. The smallest absolute Gasteiger partial charge is 0.432 e. The number of piperidine rings is 1. The van der Waals surface area contributed by atoms with Crippen LogP contribution in [0.3, 0.4) is 0 Å². The highest BCUT2D eigenvalue weighted by molar-refractivity contribution is 5.84. The molecule has 1 amide bonds. The van der Waals surface area contributed by atoms with Crippen LogP contribution in [0.2, 0.25) is 0 Å². The van der Waals surface area contributed by atoms with E-state index in [2.05, 4.69) is 13.8 Å². The Bertz CT molecular complexity index is 1220. The number of carboxylic acid groups (broad SMARTS) is 1. The molecule has 0 aliphatic carbocycles. The molecule has 2 rings (SSSR count). The second-order valence-corrected chi connectivity index (χ2v) is 16.2. The minimum Gasteiger partial charge on any atom is -0.480 e. The fraction of sp³-hybridized carbons (Fsp3) is 0.800. The second kappa shape index (κ2) is 27.9. The van der Waals surface area contributed by atoms with Crippen LogP contribution in [0.25, 0.3) is 0 Å². The Morgan fingerprint density at radius 3 is 1.82 bits per heavy atom. The summed E-state index contributed by atoms with van der Waals surface area (Å²) in [4.78, 5) is 39.1. The number of esters is 1. The molecule has 1 fully saturated rings. The van der Waals surface area contributed by atoms with E-state index < -0.39 is 42.0 Å². The Morgan fingerprint density at radius 2 is 1.29 bits per heavy atom. The van der Waals surface area contributed by atoms with Crippen LogP contribution in [0, 0.1) is 5.92 Å². The number of carbonyl (C=O) groups is 3. The molecule has 1 aliphatic heterocycles. The molecule has 1 saturated heterocycles. The summed E-state index contributed by atoms with van der Waals surface area (Å²) in [7, 11) is 0.856. The van der Waals surface area contributed by atoms with Crippen molar-refractivity contribution in [1.29, 1.82) is 0 Å². The number of aliphatic hydroxyl groups is 1. The van der Waals surface area contributed by atoms with E-state index in [1.165, 1.54) is 62.8 Å². The molecule has 1 aromatic rings. The Morgan fingerprint density at radius 1 is 0.768 bits per heavy atom. The molecular weight excluding hydrogens is 723 g/mol. The molecule has 1 heterocycles. The molecule has 0 radical (unpaired) electrons. The van der Waals surface area contributed by atoms with Crippen molar-refractivity contribution in [2.45, 2.75) is 211 Å². The number of rotatable bonds is 31. The third-order valence-electron chi connectivity index (χ3n) is 11.6. The van der Waals surface area contributed by atoms with Crippen molar-refractivity contribution in [2.24, 2.45) is 5.92 Å². The van der Waals surface area contributed by atoms with Gasteiger partial charge in [-0.25, -0.2) is 9.59 Å². The van der Waals surface area contributed by atoms with E-state index in [9.17, 15) is 37.8 Å². The number of nitrogens with zero attached hydrogens (tertiary/aromatic N) is 1. The molecule has 56 heavy (non-hydrogen) atoms. The van der Waals surface area contributed by atoms with E-state index in [-0.39, 0.29) is 17.9 Å². The zero-order valence-corrected chi connectivity index (χ0v) is 34.8. The fourth-order valence-electron chi connectivity index (χ4n) is 8.05. The first-order chi connectivity index (χ1) is 26.9. The number of alkyl halides is 3. The standard InChI is InChI=1S/C45H74F3NO7/c1-4-5-6-18-27-36(2)28-19-15-16-22-32-39(50)40(56-43(54)44(55-3,45(46,47)48)37-29-20-17-21-30-37)33-23-13-11-9-7-8-10-12-14-24-34-41(51)49-35-26-25-31-38(49)42(52)53/h17,20-21,29-30,36,38-40,50H,4-16,18-19,22-28,31-35H2,1-3H3,(H,52,53)/t36-,38+,39-,40+,44+/m0/s1. The Balaban J connectivity index is 1.80. The number of carbonyl (C=O) groups excluding carboxylic acids is 2. The summed E-state index contributed by atoms with van der Waals surface area (Å²) in [6.45, 7) is 5.05. The van der Waals surface area contributed by atoms with Gasteiger partial charge in [0.05, 0.1) is 6.10 Å². The Hall–Kier alpha value is -2.66. The lowest BCUT2D eigenvalue weighted by Gasteiger charge is -2.34. The number of aliphatic carboxylic acids is 1. The SMILES string of the molecule is CCCCCC[C@H](C)CCCCCC[C@H](O)[C@@H](CCCCCCCCCCCCC(=O)N1CCCC[C@@H]1C(=O)O)OC(=O)[C@](OC)(c1ccccc1)C(F)(F)F. The van der Waals surface area contributed by atoms with Crippen LogP contribution < -0.4 is 0 Å². The normalized spacial score (nSPS) is 17.6. The van der Waals surface area contributed by atoms with E-state index in [1.807, 2.05) is 0 Å².